The van der Waals surface area contributed by atoms with Crippen molar-refractivity contribution in [2.75, 3.05) is 0 Å². The summed E-state index contributed by atoms with van der Waals surface area (Å²) in [6.07, 6.45) is 0.629. The number of hydrogen-bond acceptors (Lipinski definition) is 3. The van der Waals surface area contributed by atoms with E-state index in [1.54, 1.807) is 20.8 Å². The number of benzene rings is 1. The van der Waals surface area contributed by atoms with Gasteiger partial charge in [-0.1, -0.05) is 13.0 Å². The summed E-state index contributed by atoms with van der Waals surface area (Å²) in [5, 5.41) is 8.93. The zero-order valence-corrected chi connectivity index (χ0v) is 12.3. The minimum atomic E-state index is -3.73. The number of aromatic carboxylic acids is 1. The Kier molecular flexibility index (Phi) is 4.37. The summed E-state index contributed by atoms with van der Waals surface area (Å²) in [5.74, 6) is -1.15. The van der Waals surface area contributed by atoms with E-state index in [1.807, 2.05) is 6.92 Å². The third-order valence-electron chi connectivity index (χ3n) is 3.02. The van der Waals surface area contributed by atoms with Gasteiger partial charge in [0.25, 0.3) is 0 Å². The van der Waals surface area contributed by atoms with Crippen molar-refractivity contribution in [1.29, 1.82) is 0 Å². The van der Waals surface area contributed by atoms with E-state index in [2.05, 4.69) is 4.72 Å². The number of sulfonamides is 1. The van der Waals surface area contributed by atoms with Crippen LogP contribution >= 0.6 is 0 Å². The van der Waals surface area contributed by atoms with Gasteiger partial charge in [0.05, 0.1) is 10.5 Å². The molecule has 1 aromatic carbocycles. The quantitative estimate of drug-likeness (QED) is 0.868. The van der Waals surface area contributed by atoms with Crippen molar-refractivity contribution < 1.29 is 18.3 Å². The SMILES string of the molecule is CCC(C)(C)NS(=O)(=O)c1cc(C(=O)O)ccc1C. The lowest BCUT2D eigenvalue weighted by atomic mass is 10.0. The van der Waals surface area contributed by atoms with Crippen LogP contribution in [0.25, 0.3) is 0 Å². The summed E-state index contributed by atoms with van der Waals surface area (Å²) in [5.41, 5.74) is -0.102. The fourth-order valence-corrected chi connectivity index (χ4v) is 3.27. The summed E-state index contributed by atoms with van der Waals surface area (Å²) < 4.78 is 27.2. The zero-order chi connectivity index (χ0) is 14.8. The first-order valence-electron chi connectivity index (χ1n) is 5.97. The zero-order valence-electron chi connectivity index (χ0n) is 11.5. The van der Waals surface area contributed by atoms with Gasteiger partial charge in [-0.05, 0) is 44.9 Å². The molecular weight excluding hydrogens is 266 g/mol. The van der Waals surface area contributed by atoms with Crippen molar-refractivity contribution in [1.82, 2.24) is 4.72 Å². The summed E-state index contributed by atoms with van der Waals surface area (Å²) in [4.78, 5) is 10.9. The van der Waals surface area contributed by atoms with Gasteiger partial charge in [-0.2, -0.15) is 0 Å². The number of hydrogen-bond donors (Lipinski definition) is 2. The van der Waals surface area contributed by atoms with E-state index in [1.165, 1.54) is 18.2 Å². The first-order valence-corrected chi connectivity index (χ1v) is 7.45. The van der Waals surface area contributed by atoms with E-state index in [4.69, 9.17) is 5.11 Å². The molecule has 1 rings (SSSR count). The number of carboxylic acid groups (broad SMARTS) is 1. The highest BCUT2D eigenvalue weighted by molar-refractivity contribution is 7.89. The van der Waals surface area contributed by atoms with E-state index in [-0.39, 0.29) is 10.5 Å². The molecule has 6 heteroatoms. The molecule has 0 heterocycles. The standard InChI is InChI=1S/C13H19NO4S/c1-5-13(3,4)14-19(17,18)11-8-10(12(15)16)7-6-9(11)2/h6-8,14H,5H2,1-4H3,(H,15,16). The van der Waals surface area contributed by atoms with Gasteiger partial charge in [0.2, 0.25) is 10.0 Å². The van der Waals surface area contributed by atoms with Gasteiger partial charge in [-0.25, -0.2) is 17.9 Å². The van der Waals surface area contributed by atoms with Crippen LogP contribution in [-0.4, -0.2) is 25.0 Å². The maximum atomic E-state index is 12.3. The van der Waals surface area contributed by atoms with E-state index >= 15 is 0 Å². The van der Waals surface area contributed by atoms with Gasteiger partial charge in [-0.3, -0.25) is 0 Å². The van der Waals surface area contributed by atoms with Crippen LogP contribution in [0.4, 0.5) is 0 Å². The van der Waals surface area contributed by atoms with Gasteiger partial charge in [-0.15, -0.1) is 0 Å². The molecule has 0 spiro atoms. The van der Waals surface area contributed by atoms with E-state index in [0.29, 0.717) is 12.0 Å². The molecule has 0 fully saturated rings. The van der Waals surface area contributed by atoms with Crippen molar-refractivity contribution >= 4 is 16.0 Å². The number of nitrogens with one attached hydrogen (secondary N) is 1. The Morgan fingerprint density at radius 1 is 1.37 bits per heavy atom. The van der Waals surface area contributed by atoms with Crippen LogP contribution in [0.1, 0.15) is 43.1 Å². The fourth-order valence-electron chi connectivity index (χ4n) is 1.51. The van der Waals surface area contributed by atoms with Crippen molar-refractivity contribution in [3.8, 4) is 0 Å². The summed E-state index contributed by atoms with van der Waals surface area (Å²) in [6.45, 7) is 7.07. The van der Waals surface area contributed by atoms with Crippen LogP contribution in [0.3, 0.4) is 0 Å². The highest BCUT2D eigenvalue weighted by Gasteiger charge is 2.26. The molecule has 0 bridgehead atoms. The highest BCUT2D eigenvalue weighted by Crippen LogP contribution is 2.20. The molecule has 0 aliphatic heterocycles. The van der Waals surface area contributed by atoms with Crippen LogP contribution < -0.4 is 4.72 Å². The molecule has 0 atom stereocenters. The molecule has 0 amide bonds. The van der Waals surface area contributed by atoms with Crippen LogP contribution in [0.5, 0.6) is 0 Å². The lowest BCUT2D eigenvalue weighted by Crippen LogP contribution is -2.42. The first kappa shape index (κ1) is 15.7. The number of carbonyl (C=O) groups is 1. The molecule has 0 aliphatic carbocycles. The first-order chi connectivity index (χ1) is 8.59. The molecule has 5 nitrogen and oxygen atoms in total. The van der Waals surface area contributed by atoms with Crippen molar-refractivity contribution in [2.45, 2.75) is 44.6 Å². The molecule has 106 valence electrons. The molecule has 1 aromatic rings. The van der Waals surface area contributed by atoms with E-state index < -0.39 is 21.5 Å². The second-order valence-electron chi connectivity index (χ2n) is 5.13. The number of carboxylic acids is 1. The third-order valence-corrected chi connectivity index (χ3v) is 4.86. The van der Waals surface area contributed by atoms with Gasteiger partial charge < -0.3 is 5.11 Å². The van der Waals surface area contributed by atoms with E-state index in [0.717, 1.165) is 0 Å². The van der Waals surface area contributed by atoms with Crippen LogP contribution in [0.2, 0.25) is 0 Å². The van der Waals surface area contributed by atoms with Crippen LogP contribution in [0.15, 0.2) is 23.1 Å². The Balaban J connectivity index is 3.28. The molecule has 0 unspecified atom stereocenters. The van der Waals surface area contributed by atoms with E-state index in [9.17, 15) is 13.2 Å². The Labute approximate surface area is 113 Å². The van der Waals surface area contributed by atoms with Gasteiger partial charge >= 0.3 is 5.97 Å². The smallest absolute Gasteiger partial charge is 0.335 e. The average molecular weight is 285 g/mol. The van der Waals surface area contributed by atoms with Crippen molar-refractivity contribution in [3.05, 3.63) is 29.3 Å². The Hall–Kier alpha value is -1.40. The minimum Gasteiger partial charge on any atom is -0.478 e. The van der Waals surface area contributed by atoms with Gasteiger partial charge in [0.15, 0.2) is 0 Å². The fraction of sp³-hybridized carbons (Fsp3) is 0.462. The predicted octanol–water partition coefficient (Wildman–Crippen LogP) is 2.16. The number of aryl methyl sites for hydroxylation is 1. The molecule has 0 aromatic heterocycles. The molecule has 19 heavy (non-hydrogen) atoms. The molecular formula is C13H19NO4S. The molecule has 0 saturated heterocycles. The van der Waals surface area contributed by atoms with Crippen LogP contribution in [-0.2, 0) is 10.0 Å². The minimum absolute atomic E-state index is 0.00826. The summed E-state index contributed by atoms with van der Waals surface area (Å²) >= 11 is 0. The monoisotopic (exact) mass is 285 g/mol. The maximum absolute atomic E-state index is 12.3. The molecule has 0 aliphatic rings. The topological polar surface area (TPSA) is 83.5 Å². The normalized spacial score (nSPS) is 12.4. The lowest BCUT2D eigenvalue weighted by Gasteiger charge is -2.24. The maximum Gasteiger partial charge on any atom is 0.335 e. The Morgan fingerprint density at radius 3 is 2.42 bits per heavy atom. The summed E-state index contributed by atoms with van der Waals surface area (Å²) in [6, 6.07) is 4.07. The molecule has 0 saturated carbocycles. The highest BCUT2D eigenvalue weighted by atomic mass is 32.2. The largest absolute Gasteiger partial charge is 0.478 e. The van der Waals surface area contributed by atoms with Gasteiger partial charge in [0.1, 0.15) is 0 Å². The average Bonchev–Trinajstić information content (AvgIpc) is 2.27. The van der Waals surface area contributed by atoms with Crippen molar-refractivity contribution in [2.24, 2.45) is 0 Å². The third kappa shape index (κ3) is 3.78. The Morgan fingerprint density at radius 2 is 1.95 bits per heavy atom. The van der Waals surface area contributed by atoms with Crippen molar-refractivity contribution in [3.63, 3.8) is 0 Å². The predicted molar refractivity (Wildman–Crippen MR) is 72.8 cm³/mol. The summed E-state index contributed by atoms with van der Waals surface area (Å²) in [7, 11) is -3.73. The van der Waals surface area contributed by atoms with Crippen LogP contribution in [0, 0.1) is 6.92 Å². The lowest BCUT2D eigenvalue weighted by molar-refractivity contribution is 0.0696. The molecule has 0 radical (unpaired) electrons. The second kappa shape index (κ2) is 5.30. The Bertz CT molecular complexity index is 591. The second-order valence-corrected chi connectivity index (χ2v) is 6.78. The number of rotatable bonds is 5. The molecule has 2 N–H and O–H groups in total. The van der Waals surface area contributed by atoms with Gasteiger partial charge in [0, 0.05) is 5.54 Å².